The summed E-state index contributed by atoms with van der Waals surface area (Å²) in [6.07, 6.45) is 39.3. The van der Waals surface area contributed by atoms with Crippen molar-refractivity contribution in [3.8, 4) is 0 Å². The van der Waals surface area contributed by atoms with Crippen molar-refractivity contribution in [1.29, 1.82) is 0 Å². The molecule has 0 bridgehead atoms. The molecule has 11 unspecified atom stereocenters. The Labute approximate surface area is 449 Å². The molecule has 0 amide bonds. The Kier molecular flexibility index (Phi) is 43.6. The van der Waals surface area contributed by atoms with Crippen LogP contribution in [-0.4, -0.2) is 142 Å². The Morgan fingerprint density at radius 1 is 0.459 bits per heavy atom. The van der Waals surface area contributed by atoms with Gasteiger partial charge in [-0.15, -0.1) is 0 Å². The molecule has 0 spiro atoms. The number of ether oxygens (including phenoxy) is 6. The summed E-state index contributed by atoms with van der Waals surface area (Å²) < 4.78 is 34.4. The summed E-state index contributed by atoms with van der Waals surface area (Å²) in [6, 6.07) is 0. The number of hydrogen-bond acceptors (Lipinski definition) is 14. The maximum atomic E-state index is 13.1. The molecule has 2 saturated heterocycles. The number of aliphatic hydroxyl groups is 7. The van der Waals surface area contributed by atoms with Gasteiger partial charge in [-0.05, 0) is 44.9 Å². The van der Waals surface area contributed by atoms with Crippen LogP contribution in [0.3, 0.4) is 0 Å². The quantitative estimate of drug-likeness (QED) is 0.0172. The van der Waals surface area contributed by atoms with Gasteiger partial charge in [0, 0.05) is 13.0 Å². The highest BCUT2D eigenvalue weighted by atomic mass is 16.7. The third-order valence-corrected chi connectivity index (χ3v) is 14.4. The molecule has 11 atom stereocenters. The van der Waals surface area contributed by atoms with E-state index in [2.05, 4.69) is 50.3 Å². The molecule has 14 nitrogen and oxygen atoms in total. The summed E-state index contributed by atoms with van der Waals surface area (Å²) in [4.78, 5) is 13.1. The first kappa shape index (κ1) is 68.3. The van der Waals surface area contributed by atoms with Gasteiger partial charge in [-0.25, -0.2) is 0 Å². The molecular formula is C60H110O14. The SMILES string of the molecule is CC/C=C\C/C=C\C/C=C\CCCCCCCCCC(=O)OC(COCCCCCCCCCCCCCCCCCCCCCCCCC)COC1OC(COC2OC(CO)C(O)C(O)C2O)C(O)C(O)C1O. The Morgan fingerprint density at radius 2 is 0.878 bits per heavy atom. The lowest BCUT2D eigenvalue weighted by atomic mass is 9.98. The molecular weight excluding hydrogens is 945 g/mol. The number of hydrogen-bond donors (Lipinski definition) is 7. The Morgan fingerprint density at radius 3 is 1.38 bits per heavy atom. The van der Waals surface area contributed by atoms with E-state index in [0.29, 0.717) is 13.0 Å². The van der Waals surface area contributed by atoms with Crippen LogP contribution in [0.15, 0.2) is 36.5 Å². The van der Waals surface area contributed by atoms with E-state index in [1.54, 1.807) is 0 Å². The van der Waals surface area contributed by atoms with Gasteiger partial charge < -0.3 is 64.2 Å². The lowest BCUT2D eigenvalue weighted by molar-refractivity contribution is -0.332. The summed E-state index contributed by atoms with van der Waals surface area (Å²) in [5.74, 6) is -0.382. The van der Waals surface area contributed by atoms with E-state index in [1.807, 2.05) is 0 Å². The first-order valence-electron chi connectivity index (χ1n) is 30.1. The van der Waals surface area contributed by atoms with Crippen molar-refractivity contribution in [3.05, 3.63) is 36.5 Å². The fourth-order valence-corrected chi connectivity index (χ4v) is 9.60. The highest BCUT2D eigenvalue weighted by Gasteiger charge is 2.47. The Hall–Kier alpha value is -1.79. The van der Waals surface area contributed by atoms with Crippen molar-refractivity contribution in [2.75, 3.05) is 33.0 Å². The van der Waals surface area contributed by atoms with Crippen molar-refractivity contribution in [2.24, 2.45) is 0 Å². The van der Waals surface area contributed by atoms with Gasteiger partial charge in [0.1, 0.15) is 54.9 Å². The first-order valence-corrected chi connectivity index (χ1v) is 30.1. The normalized spacial score (nSPS) is 25.0. The molecule has 434 valence electrons. The maximum absolute atomic E-state index is 13.1. The zero-order valence-electron chi connectivity index (χ0n) is 46.6. The summed E-state index contributed by atoms with van der Waals surface area (Å²) in [7, 11) is 0. The lowest BCUT2D eigenvalue weighted by Crippen LogP contribution is -2.61. The first-order chi connectivity index (χ1) is 36.1. The van der Waals surface area contributed by atoms with Crippen LogP contribution >= 0.6 is 0 Å². The molecule has 74 heavy (non-hydrogen) atoms. The van der Waals surface area contributed by atoms with Gasteiger partial charge in [0.05, 0.1) is 26.4 Å². The van der Waals surface area contributed by atoms with Crippen LogP contribution in [0.5, 0.6) is 0 Å². The average Bonchev–Trinajstić information content (AvgIpc) is 3.40. The van der Waals surface area contributed by atoms with Crippen LogP contribution in [0.2, 0.25) is 0 Å². The highest BCUT2D eigenvalue weighted by molar-refractivity contribution is 5.69. The molecule has 0 saturated carbocycles. The zero-order chi connectivity index (χ0) is 53.7. The summed E-state index contributed by atoms with van der Waals surface area (Å²) >= 11 is 0. The van der Waals surface area contributed by atoms with Gasteiger partial charge in [0.15, 0.2) is 12.6 Å². The van der Waals surface area contributed by atoms with E-state index < -0.39 is 80.7 Å². The third-order valence-electron chi connectivity index (χ3n) is 14.4. The van der Waals surface area contributed by atoms with Gasteiger partial charge in [0.25, 0.3) is 0 Å². The monoisotopic (exact) mass is 1050 g/mol. The Bertz CT molecular complexity index is 1360. The van der Waals surface area contributed by atoms with Gasteiger partial charge in [0.2, 0.25) is 0 Å². The number of carbonyl (C=O) groups excluding carboxylic acids is 1. The number of rotatable bonds is 49. The van der Waals surface area contributed by atoms with Crippen LogP contribution in [0.4, 0.5) is 0 Å². The molecule has 0 aromatic rings. The minimum absolute atomic E-state index is 0.0607. The molecule has 0 radical (unpaired) electrons. The van der Waals surface area contributed by atoms with E-state index in [9.17, 15) is 40.5 Å². The van der Waals surface area contributed by atoms with E-state index in [0.717, 1.165) is 64.2 Å². The van der Waals surface area contributed by atoms with Crippen LogP contribution in [0, 0.1) is 0 Å². The average molecular weight is 1060 g/mol. The van der Waals surface area contributed by atoms with Gasteiger partial charge in [-0.1, -0.05) is 224 Å². The van der Waals surface area contributed by atoms with E-state index >= 15 is 0 Å². The number of unbranched alkanes of at least 4 members (excludes halogenated alkanes) is 29. The second-order valence-electron chi connectivity index (χ2n) is 21.2. The van der Waals surface area contributed by atoms with Gasteiger partial charge in [-0.2, -0.15) is 0 Å². The van der Waals surface area contributed by atoms with Crippen molar-refractivity contribution in [1.82, 2.24) is 0 Å². The third kappa shape index (κ3) is 33.5. The summed E-state index contributed by atoms with van der Waals surface area (Å²) in [5, 5.41) is 72.4. The Balaban J connectivity index is 1.69. The zero-order valence-corrected chi connectivity index (χ0v) is 46.6. The second-order valence-corrected chi connectivity index (χ2v) is 21.2. The number of carbonyl (C=O) groups is 1. The van der Waals surface area contributed by atoms with Crippen molar-refractivity contribution >= 4 is 5.97 Å². The molecule has 2 aliphatic rings. The lowest BCUT2D eigenvalue weighted by Gasteiger charge is -2.42. The van der Waals surface area contributed by atoms with Crippen LogP contribution in [0.1, 0.15) is 239 Å². The molecule has 2 aliphatic heterocycles. The minimum atomic E-state index is -1.71. The second kappa shape index (κ2) is 47.2. The van der Waals surface area contributed by atoms with Gasteiger partial charge in [-0.3, -0.25) is 4.79 Å². The van der Waals surface area contributed by atoms with E-state index in [4.69, 9.17) is 28.4 Å². The van der Waals surface area contributed by atoms with Crippen molar-refractivity contribution in [2.45, 2.75) is 306 Å². The molecule has 2 fully saturated rings. The van der Waals surface area contributed by atoms with Crippen LogP contribution in [-0.2, 0) is 33.2 Å². The largest absolute Gasteiger partial charge is 0.457 e. The molecule has 0 aromatic heterocycles. The van der Waals surface area contributed by atoms with Gasteiger partial charge >= 0.3 is 5.97 Å². The van der Waals surface area contributed by atoms with Crippen LogP contribution in [0.25, 0.3) is 0 Å². The van der Waals surface area contributed by atoms with Crippen molar-refractivity contribution in [3.63, 3.8) is 0 Å². The fourth-order valence-electron chi connectivity index (χ4n) is 9.60. The summed E-state index contributed by atoms with van der Waals surface area (Å²) in [6.45, 7) is 3.61. The molecule has 0 aliphatic carbocycles. The number of esters is 1. The number of aliphatic hydroxyl groups excluding tert-OH is 7. The molecule has 14 heteroatoms. The maximum Gasteiger partial charge on any atom is 0.306 e. The number of allylic oxidation sites excluding steroid dienone is 6. The molecule has 2 heterocycles. The molecule has 0 aromatic carbocycles. The minimum Gasteiger partial charge on any atom is -0.457 e. The van der Waals surface area contributed by atoms with Crippen molar-refractivity contribution < 1.29 is 69.0 Å². The molecule has 2 rings (SSSR count). The fraction of sp³-hybridized carbons (Fsp3) is 0.883. The predicted molar refractivity (Wildman–Crippen MR) is 293 cm³/mol. The van der Waals surface area contributed by atoms with E-state index in [-0.39, 0.29) is 25.6 Å². The summed E-state index contributed by atoms with van der Waals surface area (Å²) in [5.41, 5.74) is 0. The topological polar surface area (TPSA) is 214 Å². The molecule has 7 N–H and O–H groups in total. The smallest absolute Gasteiger partial charge is 0.306 e. The van der Waals surface area contributed by atoms with E-state index in [1.165, 1.54) is 148 Å². The van der Waals surface area contributed by atoms with Crippen LogP contribution < -0.4 is 0 Å². The predicted octanol–water partition coefficient (Wildman–Crippen LogP) is 10.9. The standard InChI is InChI=1S/C60H110O14/c1-3-5-7-9-11-13-15-17-19-21-22-23-24-25-26-28-30-32-34-36-38-40-42-44-69-46-49(72-52(62)43-41-39-37-35-33-31-29-27-20-18-16-14-12-10-8-6-4-2)47-70-59-58(68)56(66)54(64)51(74-59)48-71-60-57(67)55(65)53(63)50(45-61)73-60/h6,8,12,14,18,20,49-51,53-61,63-68H,3-5,7,9-11,13,15-17,19,21-48H2,1-2H3/b8-6-,14-12-,20-18-. The highest BCUT2D eigenvalue weighted by Crippen LogP contribution is 2.27.